The molecule has 0 aliphatic rings. The highest BCUT2D eigenvalue weighted by molar-refractivity contribution is 5.84. The Kier molecular flexibility index (Phi) is 4.88. The second kappa shape index (κ2) is 5.16. The summed E-state index contributed by atoms with van der Waals surface area (Å²) < 4.78 is 60.3. The molecule has 0 aromatic heterocycles. The summed E-state index contributed by atoms with van der Waals surface area (Å²) in [5.41, 5.74) is -1.51. The highest BCUT2D eigenvalue weighted by atomic mass is 19.4. The van der Waals surface area contributed by atoms with Gasteiger partial charge in [0.25, 0.3) is 5.91 Å². The summed E-state index contributed by atoms with van der Waals surface area (Å²) in [6, 6.07) is 0. The standard InChI is InChI=1S/C9H14F5NO2/c1-3-4-7(2,17)5-15-6(16)8(10,11)9(12,13)14/h17H,3-5H2,1-2H3,(H,15,16). The van der Waals surface area contributed by atoms with Gasteiger partial charge in [0.05, 0.1) is 5.60 Å². The molecule has 0 saturated heterocycles. The van der Waals surface area contributed by atoms with Gasteiger partial charge in [0.1, 0.15) is 0 Å². The molecule has 0 saturated carbocycles. The first kappa shape index (κ1) is 16.1. The van der Waals surface area contributed by atoms with Crippen LogP contribution in [0.4, 0.5) is 22.0 Å². The molecule has 1 atom stereocenters. The van der Waals surface area contributed by atoms with Gasteiger partial charge in [0.2, 0.25) is 0 Å². The third-order valence-corrected chi connectivity index (χ3v) is 2.06. The van der Waals surface area contributed by atoms with Crippen molar-refractivity contribution in [2.45, 2.75) is 44.4 Å². The van der Waals surface area contributed by atoms with Crippen LogP contribution in [0.15, 0.2) is 0 Å². The molecule has 2 N–H and O–H groups in total. The summed E-state index contributed by atoms with van der Waals surface area (Å²) >= 11 is 0. The topological polar surface area (TPSA) is 49.3 Å². The van der Waals surface area contributed by atoms with E-state index in [0.717, 1.165) is 0 Å². The molecule has 1 unspecified atom stereocenters. The predicted molar refractivity (Wildman–Crippen MR) is 49.5 cm³/mol. The lowest BCUT2D eigenvalue weighted by molar-refractivity contribution is -0.270. The van der Waals surface area contributed by atoms with E-state index in [0.29, 0.717) is 6.42 Å². The molecular formula is C9H14F5NO2. The van der Waals surface area contributed by atoms with Gasteiger partial charge in [0, 0.05) is 6.54 Å². The Labute approximate surface area is 95.0 Å². The van der Waals surface area contributed by atoms with E-state index < -0.39 is 30.2 Å². The van der Waals surface area contributed by atoms with Gasteiger partial charge in [0.15, 0.2) is 0 Å². The molecule has 0 aromatic carbocycles. The molecule has 0 radical (unpaired) electrons. The lowest BCUT2D eigenvalue weighted by atomic mass is 10.0. The largest absolute Gasteiger partial charge is 0.463 e. The minimum Gasteiger partial charge on any atom is -0.388 e. The van der Waals surface area contributed by atoms with Crippen LogP contribution in [0.25, 0.3) is 0 Å². The Morgan fingerprint density at radius 3 is 2.06 bits per heavy atom. The van der Waals surface area contributed by atoms with Gasteiger partial charge >= 0.3 is 12.1 Å². The SMILES string of the molecule is CCCC(C)(O)CNC(=O)C(F)(F)C(F)(F)F. The first-order valence-corrected chi connectivity index (χ1v) is 4.89. The van der Waals surface area contributed by atoms with E-state index in [-0.39, 0.29) is 6.42 Å². The lowest BCUT2D eigenvalue weighted by Crippen LogP contribution is -2.53. The van der Waals surface area contributed by atoms with Crippen molar-refractivity contribution in [3.8, 4) is 0 Å². The van der Waals surface area contributed by atoms with Gasteiger partial charge in [-0.05, 0) is 13.3 Å². The zero-order valence-electron chi connectivity index (χ0n) is 9.37. The van der Waals surface area contributed by atoms with E-state index in [2.05, 4.69) is 0 Å². The van der Waals surface area contributed by atoms with Crippen LogP contribution >= 0.6 is 0 Å². The zero-order valence-corrected chi connectivity index (χ0v) is 9.37. The van der Waals surface area contributed by atoms with Crippen LogP contribution in [-0.4, -0.2) is 35.3 Å². The molecule has 0 fully saturated rings. The number of carbonyl (C=O) groups is 1. The van der Waals surface area contributed by atoms with Crippen LogP contribution in [-0.2, 0) is 4.79 Å². The zero-order chi connectivity index (χ0) is 13.9. The monoisotopic (exact) mass is 263 g/mol. The van der Waals surface area contributed by atoms with E-state index in [1.807, 2.05) is 0 Å². The first-order chi connectivity index (χ1) is 7.44. The molecule has 0 aromatic rings. The van der Waals surface area contributed by atoms with Crippen molar-refractivity contribution in [3.63, 3.8) is 0 Å². The maximum atomic E-state index is 12.5. The fourth-order valence-corrected chi connectivity index (χ4v) is 1.14. The van der Waals surface area contributed by atoms with E-state index >= 15 is 0 Å². The van der Waals surface area contributed by atoms with Crippen molar-refractivity contribution in [3.05, 3.63) is 0 Å². The summed E-state index contributed by atoms with van der Waals surface area (Å²) in [5.74, 6) is -7.91. The Hall–Kier alpha value is -0.920. The molecule has 0 aliphatic heterocycles. The normalized spacial score (nSPS) is 16.5. The molecule has 3 nitrogen and oxygen atoms in total. The minimum atomic E-state index is -5.94. The molecule has 0 heterocycles. The van der Waals surface area contributed by atoms with Crippen molar-refractivity contribution >= 4 is 5.91 Å². The number of amides is 1. The van der Waals surface area contributed by atoms with Gasteiger partial charge in [-0.2, -0.15) is 22.0 Å². The van der Waals surface area contributed by atoms with E-state index in [4.69, 9.17) is 0 Å². The van der Waals surface area contributed by atoms with Crippen LogP contribution in [0.5, 0.6) is 0 Å². The molecular weight excluding hydrogens is 249 g/mol. The number of hydrogen-bond donors (Lipinski definition) is 2. The smallest absolute Gasteiger partial charge is 0.388 e. The Balaban J connectivity index is 4.48. The number of rotatable bonds is 5. The summed E-state index contributed by atoms with van der Waals surface area (Å²) in [6.45, 7) is 2.27. The number of halogens is 5. The summed E-state index contributed by atoms with van der Waals surface area (Å²) in [6.07, 6.45) is -5.27. The molecule has 17 heavy (non-hydrogen) atoms. The fraction of sp³-hybridized carbons (Fsp3) is 0.889. The van der Waals surface area contributed by atoms with Gasteiger partial charge in [-0.3, -0.25) is 4.79 Å². The lowest BCUT2D eigenvalue weighted by Gasteiger charge is -2.25. The van der Waals surface area contributed by atoms with E-state index in [1.165, 1.54) is 12.2 Å². The number of nitrogens with one attached hydrogen (secondary N) is 1. The quantitative estimate of drug-likeness (QED) is 0.744. The maximum absolute atomic E-state index is 12.5. The Morgan fingerprint density at radius 1 is 1.24 bits per heavy atom. The third kappa shape index (κ3) is 4.45. The molecule has 0 bridgehead atoms. The predicted octanol–water partition coefficient (Wildman–Crippen LogP) is 1.85. The highest BCUT2D eigenvalue weighted by Crippen LogP contribution is 2.35. The fourth-order valence-electron chi connectivity index (χ4n) is 1.14. The van der Waals surface area contributed by atoms with Gasteiger partial charge in [-0.25, -0.2) is 0 Å². The third-order valence-electron chi connectivity index (χ3n) is 2.06. The first-order valence-electron chi connectivity index (χ1n) is 4.89. The molecule has 0 aliphatic carbocycles. The molecule has 0 rings (SSSR count). The van der Waals surface area contributed by atoms with Crippen molar-refractivity contribution in [1.82, 2.24) is 5.32 Å². The van der Waals surface area contributed by atoms with E-state index in [1.54, 1.807) is 6.92 Å². The van der Waals surface area contributed by atoms with Gasteiger partial charge < -0.3 is 10.4 Å². The summed E-state index contributed by atoms with van der Waals surface area (Å²) in [5, 5.41) is 10.9. The van der Waals surface area contributed by atoms with Gasteiger partial charge in [-0.1, -0.05) is 13.3 Å². The molecule has 8 heteroatoms. The summed E-state index contributed by atoms with van der Waals surface area (Å²) in [4.78, 5) is 10.7. The second-order valence-electron chi connectivity index (χ2n) is 4.00. The number of hydrogen-bond acceptors (Lipinski definition) is 2. The summed E-state index contributed by atoms with van der Waals surface area (Å²) in [7, 11) is 0. The number of alkyl halides is 5. The minimum absolute atomic E-state index is 0.171. The Morgan fingerprint density at radius 2 is 1.71 bits per heavy atom. The van der Waals surface area contributed by atoms with Crippen LogP contribution in [0.2, 0.25) is 0 Å². The van der Waals surface area contributed by atoms with Crippen LogP contribution < -0.4 is 5.32 Å². The van der Waals surface area contributed by atoms with E-state index in [9.17, 15) is 31.9 Å². The molecule has 1 amide bonds. The van der Waals surface area contributed by atoms with Gasteiger partial charge in [-0.15, -0.1) is 0 Å². The van der Waals surface area contributed by atoms with Crippen LogP contribution in [0.1, 0.15) is 26.7 Å². The van der Waals surface area contributed by atoms with Crippen molar-refractivity contribution in [2.75, 3.05) is 6.54 Å². The van der Waals surface area contributed by atoms with Crippen molar-refractivity contribution in [2.24, 2.45) is 0 Å². The Bertz CT molecular complexity index is 275. The average Bonchev–Trinajstić information content (AvgIpc) is 2.12. The highest BCUT2D eigenvalue weighted by Gasteiger charge is 2.63. The van der Waals surface area contributed by atoms with Crippen LogP contribution in [0, 0.1) is 0 Å². The second-order valence-corrected chi connectivity index (χ2v) is 4.00. The number of aliphatic hydroxyl groups is 1. The average molecular weight is 263 g/mol. The molecule has 102 valence electrons. The van der Waals surface area contributed by atoms with Crippen molar-refractivity contribution in [1.29, 1.82) is 0 Å². The van der Waals surface area contributed by atoms with Crippen LogP contribution in [0.3, 0.4) is 0 Å². The number of carbonyl (C=O) groups excluding carboxylic acids is 1. The maximum Gasteiger partial charge on any atom is 0.463 e. The van der Waals surface area contributed by atoms with Crippen molar-refractivity contribution < 1.29 is 31.9 Å². The molecule has 0 spiro atoms.